The largest absolute Gasteiger partial charge is 0.356 e. The zero-order valence-electron chi connectivity index (χ0n) is 16.8. The van der Waals surface area contributed by atoms with E-state index in [-0.39, 0.29) is 5.91 Å². The standard InChI is InChI=1S/C21H30N6O/c1-17-23-12-15-26(17)13-4-3-11-24-21(22-2)25-16-18-7-9-19(10-8-18)27-14-5-6-20(27)28/h7-10,12,15H,3-6,11,13-14,16H2,1-2H3,(H2,22,24,25). The van der Waals surface area contributed by atoms with E-state index in [0.717, 1.165) is 61.9 Å². The highest BCUT2D eigenvalue weighted by Gasteiger charge is 2.21. The van der Waals surface area contributed by atoms with E-state index in [4.69, 9.17) is 0 Å². The van der Waals surface area contributed by atoms with Gasteiger partial charge in [0.2, 0.25) is 5.91 Å². The minimum atomic E-state index is 0.221. The number of anilines is 1. The first-order valence-electron chi connectivity index (χ1n) is 9.99. The number of aromatic nitrogens is 2. The van der Waals surface area contributed by atoms with Crippen LogP contribution in [0.3, 0.4) is 0 Å². The van der Waals surface area contributed by atoms with Gasteiger partial charge in [0.15, 0.2) is 5.96 Å². The van der Waals surface area contributed by atoms with Crippen molar-refractivity contribution in [1.29, 1.82) is 0 Å². The Morgan fingerprint density at radius 3 is 2.68 bits per heavy atom. The predicted molar refractivity (Wildman–Crippen MR) is 112 cm³/mol. The molecule has 0 bridgehead atoms. The number of amides is 1. The summed E-state index contributed by atoms with van der Waals surface area (Å²) in [4.78, 5) is 22.2. The molecule has 7 nitrogen and oxygen atoms in total. The summed E-state index contributed by atoms with van der Waals surface area (Å²) in [6.07, 6.45) is 7.64. The quantitative estimate of drug-likeness (QED) is 0.418. The molecule has 2 N–H and O–H groups in total. The second-order valence-electron chi connectivity index (χ2n) is 7.04. The number of imidazole rings is 1. The van der Waals surface area contributed by atoms with Crippen molar-refractivity contribution in [1.82, 2.24) is 20.2 Å². The zero-order chi connectivity index (χ0) is 19.8. The number of unbranched alkanes of at least 4 members (excludes halogenated alkanes) is 1. The average molecular weight is 383 g/mol. The molecule has 3 rings (SSSR count). The summed E-state index contributed by atoms with van der Waals surface area (Å²) in [5.41, 5.74) is 2.15. The van der Waals surface area contributed by atoms with Crippen LogP contribution in [-0.2, 0) is 17.9 Å². The highest BCUT2D eigenvalue weighted by Crippen LogP contribution is 2.21. The molecule has 1 aliphatic heterocycles. The lowest BCUT2D eigenvalue weighted by molar-refractivity contribution is -0.117. The Kier molecular flexibility index (Phi) is 7.06. The molecule has 0 atom stereocenters. The zero-order valence-corrected chi connectivity index (χ0v) is 16.8. The van der Waals surface area contributed by atoms with E-state index in [1.54, 1.807) is 7.05 Å². The van der Waals surface area contributed by atoms with E-state index >= 15 is 0 Å². The molecule has 1 aromatic carbocycles. The molecule has 1 fully saturated rings. The Morgan fingerprint density at radius 1 is 1.21 bits per heavy atom. The molecule has 150 valence electrons. The first kappa shape index (κ1) is 19.9. The minimum Gasteiger partial charge on any atom is -0.356 e. The highest BCUT2D eigenvalue weighted by molar-refractivity contribution is 5.95. The molecule has 7 heteroatoms. The third-order valence-corrected chi connectivity index (χ3v) is 5.05. The van der Waals surface area contributed by atoms with E-state index in [1.165, 1.54) is 0 Å². The van der Waals surface area contributed by atoms with Crippen molar-refractivity contribution in [3.8, 4) is 0 Å². The van der Waals surface area contributed by atoms with Crippen molar-refractivity contribution in [2.45, 2.75) is 45.7 Å². The smallest absolute Gasteiger partial charge is 0.227 e. The van der Waals surface area contributed by atoms with E-state index in [1.807, 2.05) is 36.4 Å². The van der Waals surface area contributed by atoms with Gasteiger partial charge in [-0.25, -0.2) is 4.98 Å². The van der Waals surface area contributed by atoms with Gasteiger partial charge in [-0.15, -0.1) is 0 Å². The Morgan fingerprint density at radius 2 is 2.04 bits per heavy atom. The van der Waals surface area contributed by atoms with Gasteiger partial charge in [0, 0.05) is 57.7 Å². The number of rotatable bonds is 8. The SMILES string of the molecule is CN=C(NCCCCn1ccnc1C)NCc1ccc(N2CCCC2=O)cc1. The molecule has 0 radical (unpaired) electrons. The van der Waals surface area contributed by atoms with Crippen molar-refractivity contribution in [2.75, 3.05) is 25.0 Å². The van der Waals surface area contributed by atoms with Gasteiger partial charge >= 0.3 is 0 Å². The van der Waals surface area contributed by atoms with E-state index in [2.05, 4.69) is 37.3 Å². The summed E-state index contributed by atoms with van der Waals surface area (Å²) in [5, 5.41) is 6.70. The molecule has 2 aromatic rings. The Balaban J connectivity index is 1.36. The van der Waals surface area contributed by atoms with Crippen molar-refractivity contribution in [3.63, 3.8) is 0 Å². The van der Waals surface area contributed by atoms with Crippen LogP contribution in [0.2, 0.25) is 0 Å². The Hall–Kier alpha value is -2.83. The lowest BCUT2D eigenvalue weighted by Gasteiger charge is -2.16. The number of carbonyl (C=O) groups is 1. The first-order valence-corrected chi connectivity index (χ1v) is 9.99. The minimum absolute atomic E-state index is 0.221. The van der Waals surface area contributed by atoms with Crippen LogP contribution in [0.15, 0.2) is 41.7 Å². The van der Waals surface area contributed by atoms with Gasteiger partial charge in [0.05, 0.1) is 0 Å². The van der Waals surface area contributed by atoms with E-state index in [9.17, 15) is 4.79 Å². The average Bonchev–Trinajstić information content (AvgIpc) is 3.32. The molecule has 1 amide bonds. The maximum atomic E-state index is 11.8. The maximum absolute atomic E-state index is 11.8. The second kappa shape index (κ2) is 9.92. The van der Waals surface area contributed by atoms with Crippen LogP contribution >= 0.6 is 0 Å². The number of aryl methyl sites for hydroxylation is 2. The number of hydrogen-bond donors (Lipinski definition) is 2. The van der Waals surface area contributed by atoms with Gasteiger partial charge in [-0.2, -0.15) is 0 Å². The fourth-order valence-corrected chi connectivity index (χ4v) is 3.38. The third kappa shape index (κ3) is 5.34. The fourth-order valence-electron chi connectivity index (χ4n) is 3.38. The number of nitrogens with one attached hydrogen (secondary N) is 2. The number of aliphatic imine (C=N–C) groups is 1. The fraction of sp³-hybridized carbons (Fsp3) is 0.476. The van der Waals surface area contributed by atoms with Gasteiger partial charge in [0.1, 0.15) is 5.82 Å². The molecule has 0 unspecified atom stereocenters. The molecule has 0 saturated carbocycles. The number of hydrogen-bond acceptors (Lipinski definition) is 3. The highest BCUT2D eigenvalue weighted by atomic mass is 16.2. The predicted octanol–water partition coefficient (Wildman–Crippen LogP) is 2.46. The second-order valence-corrected chi connectivity index (χ2v) is 7.04. The number of carbonyl (C=O) groups excluding carboxylic acids is 1. The van der Waals surface area contributed by atoms with E-state index < -0.39 is 0 Å². The molecular weight excluding hydrogens is 352 g/mol. The molecule has 0 aliphatic carbocycles. The van der Waals surface area contributed by atoms with Crippen LogP contribution in [0, 0.1) is 6.92 Å². The summed E-state index contributed by atoms with van der Waals surface area (Å²) in [7, 11) is 1.78. The molecule has 2 heterocycles. The van der Waals surface area contributed by atoms with Crippen molar-refractivity contribution in [2.24, 2.45) is 4.99 Å². The van der Waals surface area contributed by atoms with Crippen LogP contribution in [0.4, 0.5) is 5.69 Å². The topological polar surface area (TPSA) is 74.6 Å². The Bertz CT molecular complexity index is 795. The van der Waals surface area contributed by atoms with Gasteiger partial charge < -0.3 is 20.1 Å². The van der Waals surface area contributed by atoms with Crippen LogP contribution in [-0.4, -0.2) is 41.6 Å². The van der Waals surface area contributed by atoms with Crippen LogP contribution in [0.1, 0.15) is 37.1 Å². The number of benzene rings is 1. The van der Waals surface area contributed by atoms with Gasteiger partial charge in [-0.3, -0.25) is 9.79 Å². The molecular formula is C21H30N6O. The summed E-state index contributed by atoms with van der Waals surface area (Å²) < 4.78 is 2.17. The summed E-state index contributed by atoms with van der Waals surface area (Å²) >= 11 is 0. The van der Waals surface area contributed by atoms with Crippen molar-refractivity contribution >= 4 is 17.6 Å². The van der Waals surface area contributed by atoms with Crippen molar-refractivity contribution in [3.05, 3.63) is 48.0 Å². The number of guanidine groups is 1. The number of nitrogens with zero attached hydrogens (tertiary/aromatic N) is 4. The summed E-state index contributed by atoms with van der Waals surface area (Å²) in [5.74, 6) is 2.09. The van der Waals surface area contributed by atoms with Gasteiger partial charge in [-0.1, -0.05) is 12.1 Å². The molecule has 1 aromatic heterocycles. The van der Waals surface area contributed by atoms with Crippen LogP contribution in [0.5, 0.6) is 0 Å². The lowest BCUT2D eigenvalue weighted by atomic mass is 10.2. The monoisotopic (exact) mass is 382 g/mol. The third-order valence-electron chi connectivity index (χ3n) is 5.05. The Labute approximate surface area is 166 Å². The van der Waals surface area contributed by atoms with Crippen LogP contribution < -0.4 is 15.5 Å². The lowest BCUT2D eigenvalue weighted by Crippen LogP contribution is -2.37. The summed E-state index contributed by atoms with van der Waals surface area (Å²) in [6.45, 7) is 5.42. The van der Waals surface area contributed by atoms with Gasteiger partial charge in [0.25, 0.3) is 0 Å². The molecule has 1 saturated heterocycles. The molecule has 0 spiro atoms. The normalized spacial score (nSPS) is 14.6. The van der Waals surface area contributed by atoms with Crippen LogP contribution in [0.25, 0.3) is 0 Å². The molecule has 1 aliphatic rings. The molecule has 28 heavy (non-hydrogen) atoms. The van der Waals surface area contributed by atoms with Crippen molar-refractivity contribution < 1.29 is 4.79 Å². The van der Waals surface area contributed by atoms with Gasteiger partial charge in [-0.05, 0) is 43.9 Å². The maximum Gasteiger partial charge on any atom is 0.227 e. The summed E-state index contributed by atoms with van der Waals surface area (Å²) in [6, 6.07) is 8.17. The first-order chi connectivity index (χ1) is 13.7. The van der Waals surface area contributed by atoms with E-state index in [0.29, 0.717) is 13.0 Å².